The number of carbonyl (C=O) groups is 2. The lowest BCUT2D eigenvalue weighted by molar-refractivity contribution is -0.140. The highest BCUT2D eigenvalue weighted by molar-refractivity contribution is 6.67. The Morgan fingerprint density at radius 2 is 1.82 bits per heavy atom. The normalized spacial score (nSPS) is 12.2. The number of ether oxygens (including phenoxy) is 2. The fourth-order valence-electron chi connectivity index (χ4n) is 1.31. The van der Waals surface area contributed by atoms with Crippen molar-refractivity contribution in [2.24, 2.45) is 0 Å². The van der Waals surface area contributed by atoms with Gasteiger partial charge in [0, 0.05) is 5.69 Å². The molecule has 1 rings (SSSR count). The first-order valence-electron chi connectivity index (χ1n) is 5.82. The van der Waals surface area contributed by atoms with Crippen LogP contribution >= 0.6 is 34.8 Å². The van der Waals surface area contributed by atoms with Gasteiger partial charge in [-0.05, 0) is 12.1 Å². The molecule has 0 aromatic heterocycles. The number of carbonyl (C=O) groups excluding carboxylic acids is 2. The maximum Gasteiger partial charge on any atom is 0.351 e. The Labute approximate surface area is 141 Å². The standard InChI is InChI=1S/C13H12Cl3NO5/c1-21-11(19)9(12(20)22-7-13(14,15)16)10(18)17-8-5-3-2-4-6-8/h2-6,19H,7H2,1H3,(H,17,18)/b11-9-. The maximum absolute atomic E-state index is 12.1. The molecule has 1 aromatic carbocycles. The fourth-order valence-corrected chi connectivity index (χ4v) is 1.48. The van der Waals surface area contributed by atoms with Gasteiger partial charge < -0.3 is 19.9 Å². The first kappa shape index (κ1) is 18.4. The number of nitrogens with one attached hydrogen (secondary N) is 1. The van der Waals surface area contributed by atoms with E-state index in [4.69, 9.17) is 34.8 Å². The van der Waals surface area contributed by atoms with E-state index in [1.54, 1.807) is 30.3 Å². The molecule has 6 nitrogen and oxygen atoms in total. The van der Waals surface area contributed by atoms with Crippen molar-refractivity contribution in [2.75, 3.05) is 19.0 Å². The molecular formula is C13H12Cl3NO5. The predicted molar refractivity (Wildman–Crippen MR) is 83.0 cm³/mol. The second-order valence-corrected chi connectivity index (χ2v) is 6.41. The summed E-state index contributed by atoms with van der Waals surface area (Å²) in [5, 5.41) is 12.0. The molecule has 0 spiro atoms. The number of hydrogen-bond donors (Lipinski definition) is 2. The summed E-state index contributed by atoms with van der Waals surface area (Å²) in [6, 6.07) is 8.28. The van der Waals surface area contributed by atoms with Gasteiger partial charge in [0.25, 0.3) is 11.9 Å². The number of aliphatic hydroxyl groups excluding tert-OH is 1. The second kappa shape index (κ2) is 8.12. The highest BCUT2D eigenvalue weighted by atomic mass is 35.6. The van der Waals surface area contributed by atoms with Crippen LogP contribution in [0.5, 0.6) is 0 Å². The number of benzene rings is 1. The third-order valence-corrected chi connectivity index (χ3v) is 2.56. The lowest BCUT2D eigenvalue weighted by Gasteiger charge is -2.13. The quantitative estimate of drug-likeness (QED) is 0.208. The third-order valence-electron chi connectivity index (χ3n) is 2.24. The molecule has 1 amide bonds. The van der Waals surface area contributed by atoms with Crippen molar-refractivity contribution in [1.29, 1.82) is 0 Å². The van der Waals surface area contributed by atoms with E-state index in [1.165, 1.54) is 0 Å². The molecule has 22 heavy (non-hydrogen) atoms. The minimum absolute atomic E-state index is 0.406. The summed E-state index contributed by atoms with van der Waals surface area (Å²) in [5.74, 6) is -3.04. The summed E-state index contributed by atoms with van der Waals surface area (Å²) in [4.78, 5) is 23.9. The number of alkyl halides is 3. The molecule has 0 heterocycles. The Hall–Kier alpha value is -1.63. The molecule has 1 aromatic rings. The van der Waals surface area contributed by atoms with Crippen LogP contribution in [0.3, 0.4) is 0 Å². The first-order chi connectivity index (χ1) is 10.2. The number of methoxy groups -OCH3 is 1. The van der Waals surface area contributed by atoms with Crippen LogP contribution in [0.2, 0.25) is 0 Å². The summed E-state index contributed by atoms with van der Waals surface area (Å²) in [6.07, 6.45) is 0. The number of amides is 1. The maximum atomic E-state index is 12.1. The molecule has 0 aliphatic rings. The van der Waals surface area contributed by atoms with Crippen molar-refractivity contribution in [3.8, 4) is 0 Å². The average molecular weight is 369 g/mol. The largest absolute Gasteiger partial charge is 0.480 e. The van der Waals surface area contributed by atoms with Crippen LogP contribution < -0.4 is 5.32 Å². The van der Waals surface area contributed by atoms with Crippen molar-refractivity contribution in [3.05, 3.63) is 41.9 Å². The van der Waals surface area contributed by atoms with E-state index in [0.717, 1.165) is 7.11 Å². The van der Waals surface area contributed by atoms with Crippen LogP contribution in [0.25, 0.3) is 0 Å². The molecular weight excluding hydrogens is 357 g/mol. The molecule has 0 saturated carbocycles. The lowest BCUT2D eigenvalue weighted by atomic mass is 10.2. The van der Waals surface area contributed by atoms with E-state index in [1.807, 2.05) is 0 Å². The Balaban J connectivity index is 2.90. The van der Waals surface area contributed by atoms with Crippen molar-refractivity contribution in [3.63, 3.8) is 0 Å². The molecule has 9 heteroatoms. The Bertz CT molecular complexity index is 569. The number of halogens is 3. The SMILES string of the molecule is CO/C(O)=C(/C(=O)Nc1ccccc1)C(=O)OCC(Cl)(Cl)Cl. The van der Waals surface area contributed by atoms with Gasteiger partial charge >= 0.3 is 5.97 Å². The zero-order valence-corrected chi connectivity index (χ0v) is 13.6. The molecule has 0 saturated heterocycles. The average Bonchev–Trinajstić information content (AvgIpc) is 2.45. The van der Waals surface area contributed by atoms with Crippen molar-refractivity contribution < 1.29 is 24.2 Å². The van der Waals surface area contributed by atoms with Crippen LogP contribution in [-0.4, -0.2) is 34.5 Å². The smallest absolute Gasteiger partial charge is 0.351 e. The van der Waals surface area contributed by atoms with E-state index in [2.05, 4.69) is 14.8 Å². The van der Waals surface area contributed by atoms with Gasteiger partial charge in [-0.3, -0.25) is 4.79 Å². The van der Waals surface area contributed by atoms with Crippen molar-refractivity contribution in [2.45, 2.75) is 3.79 Å². The summed E-state index contributed by atoms with van der Waals surface area (Å²) < 4.78 is 7.31. The summed E-state index contributed by atoms with van der Waals surface area (Å²) in [7, 11) is 1.08. The van der Waals surface area contributed by atoms with E-state index < -0.39 is 33.8 Å². The minimum Gasteiger partial charge on any atom is -0.480 e. The van der Waals surface area contributed by atoms with Gasteiger partial charge in [-0.2, -0.15) is 0 Å². The topological polar surface area (TPSA) is 84.9 Å². The second-order valence-electron chi connectivity index (χ2n) is 3.90. The Kier molecular flexibility index (Phi) is 6.80. The predicted octanol–water partition coefficient (Wildman–Crippen LogP) is 2.95. The number of anilines is 1. The molecule has 0 fully saturated rings. The van der Waals surface area contributed by atoms with Gasteiger partial charge in [-0.25, -0.2) is 4.79 Å². The number of rotatable bonds is 5. The molecule has 0 unspecified atom stereocenters. The van der Waals surface area contributed by atoms with Gasteiger partial charge in [0.1, 0.15) is 6.61 Å². The highest BCUT2D eigenvalue weighted by Gasteiger charge is 2.30. The van der Waals surface area contributed by atoms with Gasteiger partial charge in [0.05, 0.1) is 7.11 Å². The summed E-state index contributed by atoms with van der Waals surface area (Å²) >= 11 is 16.3. The lowest BCUT2D eigenvalue weighted by Crippen LogP contribution is -2.27. The number of hydrogen-bond acceptors (Lipinski definition) is 5. The number of esters is 1. The van der Waals surface area contributed by atoms with Crippen LogP contribution in [0.1, 0.15) is 0 Å². The zero-order valence-electron chi connectivity index (χ0n) is 11.3. The van der Waals surface area contributed by atoms with E-state index >= 15 is 0 Å². The van der Waals surface area contributed by atoms with E-state index in [9.17, 15) is 14.7 Å². The number of aliphatic hydroxyl groups is 1. The van der Waals surface area contributed by atoms with Gasteiger partial charge in [0.15, 0.2) is 0 Å². The van der Waals surface area contributed by atoms with Gasteiger partial charge in [0.2, 0.25) is 9.37 Å². The fraction of sp³-hybridized carbons (Fsp3) is 0.231. The van der Waals surface area contributed by atoms with E-state index in [0.29, 0.717) is 5.69 Å². The van der Waals surface area contributed by atoms with Crippen LogP contribution in [0.4, 0.5) is 5.69 Å². The zero-order chi connectivity index (χ0) is 16.8. The molecule has 0 radical (unpaired) electrons. The summed E-state index contributed by atoms with van der Waals surface area (Å²) in [5.41, 5.74) is -0.344. The summed E-state index contributed by atoms with van der Waals surface area (Å²) in [6.45, 7) is -0.602. The Morgan fingerprint density at radius 1 is 1.23 bits per heavy atom. The number of para-hydroxylation sites is 1. The first-order valence-corrected chi connectivity index (χ1v) is 6.95. The third kappa shape index (κ3) is 6.01. The molecule has 0 aliphatic carbocycles. The van der Waals surface area contributed by atoms with Crippen LogP contribution in [0.15, 0.2) is 41.9 Å². The Morgan fingerprint density at radius 3 is 2.32 bits per heavy atom. The molecule has 0 atom stereocenters. The van der Waals surface area contributed by atoms with Crippen molar-refractivity contribution in [1.82, 2.24) is 0 Å². The molecule has 2 N–H and O–H groups in total. The molecule has 0 aliphatic heterocycles. The highest BCUT2D eigenvalue weighted by Crippen LogP contribution is 2.26. The van der Waals surface area contributed by atoms with Crippen LogP contribution in [0, 0.1) is 0 Å². The molecule has 120 valence electrons. The minimum atomic E-state index is -1.85. The van der Waals surface area contributed by atoms with E-state index in [-0.39, 0.29) is 0 Å². The van der Waals surface area contributed by atoms with Gasteiger partial charge in [-0.15, -0.1) is 0 Å². The van der Waals surface area contributed by atoms with Crippen molar-refractivity contribution >= 4 is 52.4 Å². The monoisotopic (exact) mass is 367 g/mol. The van der Waals surface area contributed by atoms with Gasteiger partial charge in [-0.1, -0.05) is 53.0 Å². The molecule has 0 bridgehead atoms. The van der Waals surface area contributed by atoms with Crippen LogP contribution in [-0.2, 0) is 19.1 Å².